The van der Waals surface area contributed by atoms with E-state index in [2.05, 4.69) is 76.3 Å². The van der Waals surface area contributed by atoms with Gasteiger partial charge >= 0.3 is 7.12 Å². The fourth-order valence-corrected chi connectivity index (χ4v) is 6.92. The van der Waals surface area contributed by atoms with E-state index in [0.717, 1.165) is 24.0 Å². The molecule has 3 N–H and O–H groups in total. The van der Waals surface area contributed by atoms with Crippen LogP contribution in [0.15, 0.2) is 54.6 Å². The summed E-state index contributed by atoms with van der Waals surface area (Å²) in [5.74, 6) is 1.22. The third-order valence-corrected chi connectivity index (χ3v) is 9.20. The van der Waals surface area contributed by atoms with E-state index >= 15 is 0 Å². The Bertz CT molecular complexity index is 1070. The van der Waals surface area contributed by atoms with Crippen molar-refractivity contribution >= 4 is 13.0 Å². The molecule has 36 heavy (non-hydrogen) atoms. The lowest BCUT2D eigenvalue weighted by atomic mass is 9.43. The molecule has 2 aromatic rings. The normalized spacial score (nSPS) is 29.9. The van der Waals surface area contributed by atoms with Gasteiger partial charge in [0.15, 0.2) is 0 Å². The second-order valence-electron chi connectivity index (χ2n) is 12.5. The quantitative estimate of drug-likeness (QED) is 0.512. The van der Waals surface area contributed by atoms with E-state index in [9.17, 15) is 4.79 Å². The first kappa shape index (κ1) is 25.5. The maximum atomic E-state index is 13.2. The molecule has 1 saturated heterocycles. The lowest BCUT2D eigenvalue weighted by Crippen LogP contribution is -2.65. The molecule has 1 amide bonds. The Morgan fingerprint density at radius 2 is 1.72 bits per heavy atom. The van der Waals surface area contributed by atoms with Gasteiger partial charge in [-0.25, -0.2) is 0 Å². The lowest BCUT2D eigenvalue weighted by Gasteiger charge is -2.64. The molecule has 4 aliphatic rings. The van der Waals surface area contributed by atoms with Crippen molar-refractivity contribution in [2.75, 3.05) is 0 Å². The summed E-state index contributed by atoms with van der Waals surface area (Å²) in [4.78, 5) is 13.2. The maximum absolute atomic E-state index is 13.2. The molecule has 6 heteroatoms. The highest BCUT2D eigenvalue weighted by atomic mass is 16.7. The zero-order valence-corrected chi connectivity index (χ0v) is 22.4. The van der Waals surface area contributed by atoms with E-state index in [1.807, 2.05) is 18.2 Å². The molecule has 3 aliphatic carbocycles. The second-order valence-corrected chi connectivity index (χ2v) is 12.5. The van der Waals surface area contributed by atoms with Gasteiger partial charge in [0.1, 0.15) is 0 Å². The van der Waals surface area contributed by atoms with Gasteiger partial charge in [-0.1, -0.05) is 82.3 Å². The number of carbonyl (C=O) groups excluding carboxylic acids is 1. The molecule has 0 unspecified atom stereocenters. The molecule has 4 fully saturated rings. The number of rotatable bonds is 8. The van der Waals surface area contributed by atoms with Crippen molar-refractivity contribution in [1.29, 1.82) is 0 Å². The molecule has 2 bridgehead atoms. The highest BCUT2D eigenvalue weighted by molar-refractivity contribution is 6.47. The SMILES string of the molecule is CC(C)C[C@H](NC(=O)[C@@H](N)Cc1ccc(-c2ccccc2)cc1)B1O[C@@H]2C[C@@H]3C[C@@H](C3(C)C)[C@]2(C)O1. The first-order valence-electron chi connectivity index (χ1n) is 13.6. The molecule has 3 saturated carbocycles. The van der Waals surface area contributed by atoms with Gasteiger partial charge in [-0.05, 0) is 72.5 Å². The topological polar surface area (TPSA) is 73.6 Å². The van der Waals surface area contributed by atoms with Crippen LogP contribution < -0.4 is 11.1 Å². The van der Waals surface area contributed by atoms with E-state index in [4.69, 9.17) is 15.0 Å². The molecule has 6 rings (SSSR count). The third-order valence-electron chi connectivity index (χ3n) is 9.20. The third kappa shape index (κ3) is 4.64. The fourth-order valence-electron chi connectivity index (χ4n) is 6.92. The molecule has 1 aliphatic heterocycles. The molecule has 1 heterocycles. The first-order chi connectivity index (χ1) is 17.1. The number of hydrogen-bond acceptors (Lipinski definition) is 4. The molecule has 5 nitrogen and oxygen atoms in total. The molecular weight excluding hydrogens is 447 g/mol. The van der Waals surface area contributed by atoms with Crippen LogP contribution in [-0.2, 0) is 20.5 Å². The van der Waals surface area contributed by atoms with Gasteiger partial charge in [0.2, 0.25) is 5.91 Å². The van der Waals surface area contributed by atoms with Crippen LogP contribution in [0.5, 0.6) is 0 Å². The van der Waals surface area contributed by atoms with Crippen molar-refractivity contribution in [1.82, 2.24) is 5.32 Å². The van der Waals surface area contributed by atoms with Crippen molar-refractivity contribution in [2.45, 2.75) is 84.0 Å². The van der Waals surface area contributed by atoms with Crippen LogP contribution in [0.25, 0.3) is 11.1 Å². The number of nitrogens with one attached hydrogen (secondary N) is 1. The van der Waals surface area contributed by atoms with Crippen molar-refractivity contribution in [3.63, 3.8) is 0 Å². The van der Waals surface area contributed by atoms with E-state index in [1.54, 1.807) is 0 Å². The predicted molar refractivity (Wildman–Crippen MR) is 145 cm³/mol. The number of carbonyl (C=O) groups is 1. The van der Waals surface area contributed by atoms with Crippen molar-refractivity contribution in [2.24, 2.45) is 28.9 Å². The highest BCUT2D eigenvalue weighted by Crippen LogP contribution is 2.65. The van der Waals surface area contributed by atoms with Gasteiger partial charge in [-0.15, -0.1) is 0 Å². The van der Waals surface area contributed by atoms with Crippen molar-refractivity contribution in [3.8, 4) is 11.1 Å². The van der Waals surface area contributed by atoms with E-state index in [1.165, 1.54) is 12.0 Å². The summed E-state index contributed by atoms with van der Waals surface area (Å²) < 4.78 is 13.2. The molecule has 0 radical (unpaired) electrons. The standard InChI is InChI=1S/C30H41BN2O3/c1-19(2)15-27(31-35-26-18-23-17-25(29(23,3)4)30(26,5)36-31)33-28(34)24(32)16-20-11-13-22(14-12-20)21-9-7-6-8-10-21/h6-14,19,23-27H,15-18,32H2,1-5H3,(H,33,34)/t23-,24-,25-,26+,27-,30-/m0/s1. The summed E-state index contributed by atoms with van der Waals surface area (Å²) in [6, 6.07) is 17.9. The van der Waals surface area contributed by atoms with E-state index in [-0.39, 0.29) is 23.6 Å². The predicted octanol–water partition coefficient (Wildman–Crippen LogP) is 5.02. The average molecular weight is 488 g/mol. The Morgan fingerprint density at radius 1 is 1.06 bits per heavy atom. The monoisotopic (exact) mass is 488 g/mol. The minimum absolute atomic E-state index is 0.0997. The van der Waals surface area contributed by atoms with Crippen LogP contribution in [0.3, 0.4) is 0 Å². The lowest BCUT2D eigenvalue weighted by molar-refractivity contribution is -0.199. The fraction of sp³-hybridized carbons (Fsp3) is 0.567. The van der Waals surface area contributed by atoms with Gasteiger partial charge in [0, 0.05) is 0 Å². The van der Waals surface area contributed by atoms with Gasteiger partial charge < -0.3 is 20.4 Å². The van der Waals surface area contributed by atoms with E-state index < -0.39 is 13.2 Å². The number of benzene rings is 2. The van der Waals surface area contributed by atoms with Gasteiger partial charge in [-0.2, -0.15) is 0 Å². The van der Waals surface area contributed by atoms with Crippen LogP contribution >= 0.6 is 0 Å². The summed E-state index contributed by atoms with van der Waals surface area (Å²) in [5.41, 5.74) is 9.77. The van der Waals surface area contributed by atoms with Crippen LogP contribution in [0.1, 0.15) is 59.4 Å². The Morgan fingerprint density at radius 3 is 2.36 bits per heavy atom. The molecule has 2 aromatic carbocycles. The molecular formula is C30H41BN2O3. The number of amides is 1. The van der Waals surface area contributed by atoms with E-state index in [0.29, 0.717) is 29.6 Å². The average Bonchev–Trinajstić information content (AvgIpc) is 3.21. The molecule has 0 spiro atoms. The Hall–Kier alpha value is -2.15. The van der Waals surface area contributed by atoms with Gasteiger partial charge in [-0.3, -0.25) is 4.79 Å². The largest absolute Gasteiger partial charge is 0.481 e. The van der Waals surface area contributed by atoms with Crippen LogP contribution in [0.4, 0.5) is 0 Å². The first-order valence-corrected chi connectivity index (χ1v) is 13.6. The van der Waals surface area contributed by atoms with Crippen LogP contribution in [0.2, 0.25) is 0 Å². The minimum atomic E-state index is -0.631. The highest BCUT2D eigenvalue weighted by Gasteiger charge is 2.68. The van der Waals surface area contributed by atoms with Crippen molar-refractivity contribution < 1.29 is 14.1 Å². The summed E-state index contributed by atoms with van der Waals surface area (Å²) >= 11 is 0. The van der Waals surface area contributed by atoms with Gasteiger partial charge in [0.25, 0.3) is 0 Å². The van der Waals surface area contributed by atoms with Crippen LogP contribution in [0, 0.1) is 23.2 Å². The Balaban J connectivity index is 1.23. The molecule has 6 atom stereocenters. The summed E-state index contributed by atoms with van der Waals surface area (Å²) in [7, 11) is -0.432. The van der Waals surface area contributed by atoms with Gasteiger partial charge in [0.05, 0.1) is 23.7 Å². The molecule has 192 valence electrons. The van der Waals surface area contributed by atoms with Crippen molar-refractivity contribution in [3.05, 3.63) is 60.2 Å². The Kier molecular flexibility index (Phi) is 6.82. The number of nitrogens with two attached hydrogens (primary N) is 1. The minimum Gasteiger partial charge on any atom is -0.404 e. The maximum Gasteiger partial charge on any atom is 0.481 e. The zero-order valence-electron chi connectivity index (χ0n) is 22.4. The summed E-state index contributed by atoms with van der Waals surface area (Å²) in [5, 5.41) is 3.21. The number of hydrogen-bond donors (Lipinski definition) is 2. The summed E-state index contributed by atoms with van der Waals surface area (Å²) in [6.45, 7) is 11.3. The van der Waals surface area contributed by atoms with Crippen LogP contribution in [-0.4, -0.2) is 36.7 Å². The summed E-state index contributed by atoms with van der Waals surface area (Å²) in [6.07, 6.45) is 3.63. The smallest absolute Gasteiger partial charge is 0.404 e. The second kappa shape index (κ2) is 9.62. The Labute approximate surface area is 216 Å². The molecule has 0 aromatic heterocycles. The zero-order chi connectivity index (χ0) is 25.7.